The molecular formula is C21H23N3O3. The Labute approximate surface area is 158 Å². The topological polar surface area (TPSA) is 71.6 Å². The van der Waals surface area contributed by atoms with Crippen molar-refractivity contribution >= 4 is 0 Å². The molecule has 1 saturated heterocycles. The number of nitrogens with zero attached hydrogens (tertiary/aromatic N) is 3. The van der Waals surface area contributed by atoms with Crippen molar-refractivity contribution in [1.29, 1.82) is 0 Å². The van der Waals surface area contributed by atoms with Crippen molar-refractivity contribution in [2.75, 3.05) is 13.2 Å². The van der Waals surface area contributed by atoms with Crippen molar-refractivity contribution in [2.45, 2.75) is 32.0 Å². The predicted octanol–water partition coefficient (Wildman–Crippen LogP) is 3.62. The number of hydrogen-bond donors (Lipinski definition) is 1. The van der Waals surface area contributed by atoms with E-state index in [9.17, 15) is 5.11 Å². The van der Waals surface area contributed by atoms with Crippen LogP contribution < -0.4 is 0 Å². The molecule has 0 bridgehead atoms. The highest BCUT2D eigenvalue weighted by molar-refractivity contribution is 5.53. The zero-order valence-electron chi connectivity index (χ0n) is 15.1. The zero-order valence-corrected chi connectivity index (χ0v) is 15.1. The minimum absolute atomic E-state index is 0.201. The van der Waals surface area contributed by atoms with Crippen LogP contribution in [-0.2, 0) is 17.8 Å². The summed E-state index contributed by atoms with van der Waals surface area (Å²) in [4.78, 5) is 6.72. The maximum absolute atomic E-state index is 10.1. The van der Waals surface area contributed by atoms with Crippen LogP contribution in [0.2, 0.25) is 0 Å². The highest BCUT2D eigenvalue weighted by Crippen LogP contribution is 2.22. The Balaban J connectivity index is 1.50. The van der Waals surface area contributed by atoms with E-state index in [1.165, 1.54) is 0 Å². The Bertz CT molecular complexity index is 860. The summed E-state index contributed by atoms with van der Waals surface area (Å²) in [5, 5.41) is 14.2. The smallest absolute Gasteiger partial charge is 0.241 e. The third-order valence-corrected chi connectivity index (χ3v) is 4.73. The van der Waals surface area contributed by atoms with Crippen LogP contribution in [0.1, 0.15) is 24.3 Å². The van der Waals surface area contributed by atoms with Gasteiger partial charge < -0.3 is 14.4 Å². The molecule has 1 N–H and O–H groups in total. The molecular weight excluding hydrogens is 342 g/mol. The lowest BCUT2D eigenvalue weighted by atomic mass is 10.1. The van der Waals surface area contributed by atoms with Gasteiger partial charge in [0, 0.05) is 30.8 Å². The molecule has 1 aliphatic rings. The highest BCUT2D eigenvalue weighted by atomic mass is 16.5. The molecule has 4 rings (SSSR count). The Kier molecular flexibility index (Phi) is 5.46. The van der Waals surface area contributed by atoms with E-state index in [1.807, 2.05) is 48.5 Å². The van der Waals surface area contributed by atoms with Crippen molar-refractivity contribution in [3.63, 3.8) is 0 Å². The second kappa shape index (κ2) is 8.33. The number of para-hydroxylation sites is 1. The first-order chi connectivity index (χ1) is 13.3. The summed E-state index contributed by atoms with van der Waals surface area (Å²) in [7, 11) is 0. The van der Waals surface area contributed by atoms with Crippen LogP contribution in [0.5, 0.6) is 5.75 Å². The molecule has 3 aromatic rings. The molecule has 27 heavy (non-hydrogen) atoms. The summed E-state index contributed by atoms with van der Waals surface area (Å²) in [6, 6.07) is 17.2. The van der Waals surface area contributed by atoms with Crippen molar-refractivity contribution < 1.29 is 14.4 Å². The van der Waals surface area contributed by atoms with Crippen molar-refractivity contribution in [2.24, 2.45) is 0 Å². The largest absolute Gasteiger partial charge is 0.508 e. The second-order valence-corrected chi connectivity index (χ2v) is 6.81. The van der Waals surface area contributed by atoms with Crippen LogP contribution in [-0.4, -0.2) is 39.4 Å². The molecule has 6 heteroatoms. The summed E-state index contributed by atoms with van der Waals surface area (Å²) < 4.78 is 11.3. The standard InChI is InChI=1S/C21H23N3O3/c25-19-11-5-4-9-17(19)13-24(14-18-10-6-12-26-18)15-20-22-21(23-27-20)16-7-2-1-3-8-16/h1-5,7-9,11,18,25H,6,10,12-15H2. The zero-order chi connectivity index (χ0) is 18.5. The monoisotopic (exact) mass is 365 g/mol. The average Bonchev–Trinajstić information content (AvgIpc) is 3.36. The molecule has 1 atom stereocenters. The molecule has 0 saturated carbocycles. The van der Waals surface area contributed by atoms with Crippen LogP contribution in [0, 0.1) is 0 Å². The average molecular weight is 365 g/mol. The van der Waals surface area contributed by atoms with Gasteiger partial charge in [-0.15, -0.1) is 0 Å². The fourth-order valence-corrected chi connectivity index (χ4v) is 3.36. The third-order valence-electron chi connectivity index (χ3n) is 4.73. The van der Waals surface area contributed by atoms with Crippen LogP contribution in [0.25, 0.3) is 11.4 Å². The van der Waals surface area contributed by atoms with Gasteiger partial charge in [0.2, 0.25) is 11.7 Å². The van der Waals surface area contributed by atoms with E-state index < -0.39 is 0 Å². The molecule has 0 radical (unpaired) electrons. The van der Waals surface area contributed by atoms with Gasteiger partial charge in [0.25, 0.3) is 0 Å². The maximum Gasteiger partial charge on any atom is 0.241 e. The van der Waals surface area contributed by atoms with Crippen LogP contribution >= 0.6 is 0 Å². The van der Waals surface area contributed by atoms with Crippen molar-refractivity contribution in [1.82, 2.24) is 15.0 Å². The summed E-state index contributed by atoms with van der Waals surface area (Å²) >= 11 is 0. The summed E-state index contributed by atoms with van der Waals surface area (Å²) in [6.07, 6.45) is 2.34. The molecule has 1 aliphatic heterocycles. The normalized spacial score (nSPS) is 16.9. The van der Waals surface area contributed by atoms with E-state index in [0.717, 1.165) is 37.1 Å². The Hall–Kier alpha value is -2.70. The number of ether oxygens (including phenoxy) is 1. The Morgan fingerprint density at radius 2 is 1.85 bits per heavy atom. The lowest BCUT2D eigenvalue weighted by molar-refractivity contribution is 0.0637. The lowest BCUT2D eigenvalue weighted by Gasteiger charge is -2.24. The fourth-order valence-electron chi connectivity index (χ4n) is 3.36. The summed E-state index contributed by atoms with van der Waals surface area (Å²) in [5.74, 6) is 1.44. The number of phenolic OH excluding ortho intramolecular Hbond substituents is 1. The van der Waals surface area contributed by atoms with Crippen LogP contribution in [0.15, 0.2) is 59.1 Å². The van der Waals surface area contributed by atoms with Gasteiger partial charge >= 0.3 is 0 Å². The molecule has 140 valence electrons. The minimum Gasteiger partial charge on any atom is -0.508 e. The lowest BCUT2D eigenvalue weighted by Crippen LogP contribution is -2.31. The second-order valence-electron chi connectivity index (χ2n) is 6.81. The third kappa shape index (κ3) is 4.53. The van der Waals surface area contributed by atoms with Gasteiger partial charge in [-0.25, -0.2) is 0 Å². The highest BCUT2D eigenvalue weighted by Gasteiger charge is 2.22. The SMILES string of the molecule is Oc1ccccc1CN(Cc1nc(-c2ccccc2)no1)CC1CCCO1. The molecule has 2 aromatic carbocycles. The number of phenols is 1. The summed E-state index contributed by atoms with van der Waals surface area (Å²) in [5.41, 5.74) is 1.80. The van der Waals surface area contributed by atoms with Gasteiger partial charge in [-0.1, -0.05) is 53.7 Å². The van der Waals surface area contributed by atoms with Gasteiger partial charge in [0.05, 0.1) is 12.6 Å². The predicted molar refractivity (Wildman–Crippen MR) is 101 cm³/mol. The van der Waals surface area contributed by atoms with Crippen LogP contribution in [0.3, 0.4) is 0 Å². The number of benzene rings is 2. The molecule has 2 heterocycles. The van der Waals surface area contributed by atoms with Crippen LogP contribution in [0.4, 0.5) is 0 Å². The molecule has 1 unspecified atom stereocenters. The maximum atomic E-state index is 10.1. The molecule has 1 fully saturated rings. The van der Waals surface area contributed by atoms with E-state index in [0.29, 0.717) is 30.6 Å². The Morgan fingerprint density at radius 3 is 2.63 bits per heavy atom. The van der Waals surface area contributed by atoms with E-state index in [2.05, 4.69) is 15.0 Å². The summed E-state index contributed by atoms with van der Waals surface area (Å²) in [6.45, 7) is 2.68. The number of hydrogen-bond acceptors (Lipinski definition) is 6. The molecule has 6 nitrogen and oxygen atoms in total. The molecule has 0 spiro atoms. The minimum atomic E-state index is 0.201. The van der Waals surface area contributed by atoms with Gasteiger partial charge in [0.15, 0.2) is 0 Å². The van der Waals surface area contributed by atoms with E-state index in [-0.39, 0.29) is 6.10 Å². The van der Waals surface area contributed by atoms with E-state index in [1.54, 1.807) is 6.07 Å². The quantitative estimate of drug-likeness (QED) is 0.689. The van der Waals surface area contributed by atoms with Gasteiger partial charge in [-0.3, -0.25) is 4.90 Å². The molecule has 0 aliphatic carbocycles. The van der Waals surface area contributed by atoms with E-state index >= 15 is 0 Å². The van der Waals surface area contributed by atoms with E-state index in [4.69, 9.17) is 9.26 Å². The first kappa shape index (κ1) is 17.7. The van der Waals surface area contributed by atoms with Gasteiger partial charge in [-0.05, 0) is 18.9 Å². The fraction of sp³-hybridized carbons (Fsp3) is 0.333. The first-order valence-corrected chi connectivity index (χ1v) is 9.27. The Morgan fingerprint density at radius 1 is 1.04 bits per heavy atom. The van der Waals surface area contributed by atoms with Crippen molar-refractivity contribution in [3.8, 4) is 17.1 Å². The number of rotatable bonds is 7. The van der Waals surface area contributed by atoms with Gasteiger partial charge in [0.1, 0.15) is 5.75 Å². The molecule has 0 amide bonds. The van der Waals surface area contributed by atoms with Crippen molar-refractivity contribution in [3.05, 3.63) is 66.1 Å². The number of aromatic hydroxyl groups is 1. The number of aromatic nitrogens is 2. The first-order valence-electron chi connectivity index (χ1n) is 9.27. The molecule has 1 aromatic heterocycles. The van der Waals surface area contributed by atoms with Gasteiger partial charge in [-0.2, -0.15) is 4.98 Å².